The van der Waals surface area contributed by atoms with Crippen molar-refractivity contribution < 1.29 is 28.6 Å². The van der Waals surface area contributed by atoms with E-state index in [0.29, 0.717) is 25.7 Å². The normalized spacial score (nSPS) is 12.4. The van der Waals surface area contributed by atoms with Crippen LogP contribution in [0, 0.1) is 0 Å². The highest BCUT2D eigenvalue weighted by Gasteiger charge is 2.19. The van der Waals surface area contributed by atoms with Crippen LogP contribution in [0.5, 0.6) is 0 Å². The Labute approximate surface area is 346 Å². The Kier molecular flexibility index (Phi) is 43.0. The van der Waals surface area contributed by atoms with Gasteiger partial charge in [0.1, 0.15) is 13.2 Å². The molecule has 0 aromatic carbocycles. The quantitative estimate of drug-likeness (QED) is 0.0265. The summed E-state index contributed by atoms with van der Waals surface area (Å²) in [5.74, 6) is -0.943. The lowest BCUT2D eigenvalue weighted by Crippen LogP contribution is -2.30. The van der Waals surface area contributed by atoms with Gasteiger partial charge in [-0.15, -0.1) is 0 Å². The summed E-state index contributed by atoms with van der Waals surface area (Å²) in [5, 5.41) is 0. The van der Waals surface area contributed by atoms with E-state index in [2.05, 4.69) is 69.4 Å². The standard InChI is InChI=1S/C50H88O6/c1-4-7-10-13-16-19-21-23-24-25-26-27-29-31-34-37-40-43-49(52)55-46-47(45-54-48(51)42-39-36-33-30-18-15-12-9-6-3)56-50(53)44-41-38-35-32-28-22-20-17-14-11-8-5-2/h16-17,19-20,23-24,30,33,47H,4-15,18,21-22,25-29,31-32,34-46H2,1-3H3/b19-16-,20-17-,24-23-,33-30-. The highest BCUT2D eigenvalue weighted by atomic mass is 16.6. The van der Waals surface area contributed by atoms with Crippen LogP contribution in [0.25, 0.3) is 0 Å². The third-order valence-corrected chi connectivity index (χ3v) is 10.0. The number of ether oxygens (including phenoxy) is 3. The van der Waals surface area contributed by atoms with Crippen molar-refractivity contribution in [2.75, 3.05) is 13.2 Å². The second kappa shape index (κ2) is 45.1. The van der Waals surface area contributed by atoms with Crippen LogP contribution in [-0.2, 0) is 28.6 Å². The van der Waals surface area contributed by atoms with Gasteiger partial charge in [-0.3, -0.25) is 14.4 Å². The predicted molar refractivity (Wildman–Crippen MR) is 238 cm³/mol. The number of unbranched alkanes of at least 4 members (excludes halogenated alkanes) is 23. The fraction of sp³-hybridized carbons (Fsp3) is 0.780. The summed E-state index contributed by atoms with van der Waals surface area (Å²) in [4.78, 5) is 37.7. The van der Waals surface area contributed by atoms with Crippen LogP contribution in [0.3, 0.4) is 0 Å². The number of rotatable bonds is 42. The molecule has 1 atom stereocenters. The van der Waals surface area contributed by atoms with Gasteiger partial charge in [0.05, 0.1) is 0 Å². The lowest BCUT2D eigenvalue weighted by Gasteiger charge is -2.18. The molecule has 0 aromatic rings. The van der Waals surface area contributed by atoms with E-state index in [1.54, 1.807) is 0 Å². The molecule has 324 valence electrons. The molecule has 0 spiro atoms. The van der Waals surface area contributed by atoms with Crippen LogP contribution in [-0.4, -0.2) is 37.2 Å². The Hall–Kier alpha value is -2.63. The van der Waals surface area contributed by atoms with Gasteiger partial charge in [0.2, 0.25) is 0 Å². The Morgan fingerprint density at radius 2 is 0.661 bits per heavy atom. The maximum absolute atomic E-state index is 12.7. The molecule has 0 heterocycles. The summed E-state index contributed by atoms with van der Waals surface area (Å²) in [6.45, 7) is 6.51. The van der Waals surface area contributed by atoms with Crippen molar-refractivity contribution in [2.45, 2.75) is 239 Å². The number of hydrogen-bond acceptors (Lipinski definition) is 6. The third kappa shape index (κ3) is 42.5. The molecule has 6 nitrogen and oxygen atoms in total. The van der Waals surface area contributed by atoms with E-state index >= 15 is 0 Å². The molecule has 0 aliphatic carbocycles. The van der Waals surface area contributed by atoms with Crippen molar-refractivity contribution in [3.8, 4) is 0 Å². The molecule has 0 saturated heterocycles. The van der Waals surface area contributed by atoms with Gasteiger partial charge in [-0.05, 0) is 96.3 Å². The first-order valence-electron chi connectivity index (χ1n) is 23.6. The van der Waals surface area contributed by atoms with Gasteiger partial charge in [0.15, 0.2) is 6.10 Å². The second-order valence-corrected chi connectivity index (χ2v) is 15.7. The third-order valence-electron chi connectivity index (χ3n) is 10.0. The Bertz CT molecular complexity index is 996. The van der Waals surface area contributed by atoms with Gasteiger partial charge >= 0.3 is 17.9 Å². The van der Waals surface area contributed by atoms with Crippen molar-refractivity contribution in [1.82, 2.24) is 0 Å². The van der Waals surface area contributed by atoms with E-state index in [0.717, 1.165) is 77.0 Å². The van der Waals surface area contributed by atoms with Gasteiger partial charge in [0.25, 0.3) is 0 Å². The largest absolute Gasteiger partial charge is 0.462 e. The molecule has 0 bridgehead atoms. The highest BCUT2D eigenvalue weighted by Crippen LogP contribution is 2.13. The Balaban J connectivity index is 4.36. The van der Waals surface area contributed by atoms with Crippen LogP contribution in [0.1, 0.15) is 233 Å². The zero-order valence-corrected chi connectivity index (χ0v) is 36.9. The molecule has 1 unspecified atom stereocenters. The smallest absolute Gasteiger partial charge is 0.306 e. The molecule has 6 heteroatoms. The summed E-state index contributed by atoms with van der Waals surface area (Å²) in [6.07, 6.45) is 52.4. The molecule has 0 radical (unpaired) electrons. The van der Waals surface area contributed by atoms with E-state index in [9.17, 15) is 14.4 Å². The van der Waals surface area contributed by atoms with E-state index in [-0.39, 0.29) is 31.1 Å². The Morgan fingerprint density at radius 3 is 1.11 bits per heavy atom. The maximum Gasteiger partial charge on any atom is 0.306 e. The minimum absolute atomic E-state index is 0.0890. The van der Waals surface area contributed by atoms with Gasteiger partial charge in [-0.25, -0.2) is 0 Å². The number of allylic oxidation sites excluding steroid dienone is 8. The Morgan fingerprint density at radius 1 is 0.357 bits per heavy atom. The summed E-state index contributed by atoms with van der Waals surface area (Å²) in [5.41, 5.74) is 0. The van der Waals surface area contributed by atoms with E-state index in [1.165, 1.54) is 109 Å². The minimum Gasteiger partial charge on any atom is -0.462 e. The first kappa shape index (κ1) is 53.4. The minimum atomic E-state index is -0.788. The zero-order chi connectivity index (χ0) is 40.8. The van der Waals surface area contributed by atoms with Crippen LogP contribution in [0.15, 0.2) is 48.6 Å². The molecule has 0 aliphatic heterocycles. The van der Waals surface area contributed by atoms with Crippen molar-refractivity contribution in [2.24, 2.45) is 0 Å². The fourth-order valence-corrected chi connectivity index (χ4v) is 6.41. The summed E-state index contributed by atoms with van der Waals surface area (Å²) >= 11 is 0. The van der Waals surface area contributed by atoms with Crippen LogP contribution in [0.4, 0.5) is 0 Å². The molecular weight excluding hydrogens is 697 g/mol. The van der Waals surface area contributed by atoms with E-state index in [1.807, 2.05) is 0 Å². The molecule has 0 rings (SSSR count). The first-order chi connectivity index (χ1) is 27.5. The van der Waals surface area contributed by atoms with Crippen LogP contribution >= 0.6 is 0 Å². The van der Waals surface area contributed by atoms with Crippen molar-refractivity contribution in [3.05, 3.63) is 48.6 Å². The number of esters is 3. The van der Waals surface area contributed by atoms with Crippen LogP contribution < -0.4 is 0 Å². The molecule has 0 N–H and O–H groups in total. The van der Waals surface area contributed by atoms with Crippen molar-refractivity contribution >= 4 is 17.9 Å². The number of carbonyl (C=O) groups is 3. The molecule has 0 aliphatic rings. The average molecular weight is 785 g/mol. The fourth-order valence-electron chi connectivity index (χ4n) is 6.41. The molecule has 56 heavy (non-hydrogen) atoms. The molecule has 0 saturated carbocycles. The highest BCUT2D eigenvalue weighted by molar-refractivity contribution is 5.71. The van der Waals surface area contributed by atoms with Gasteiger partial charge < -0.3 is 14.2 Å². The van der Waals surface area contributed by atoms with Crippen molar-refractivity contribution in [1.29, 1.82) is 0 Å². The summed E-state index contributed by atoms with van der Waals surface area (Å²) in [6, 6.07) is 0. The van der Waals surface area contributed by atoms with Gasteiger partial charge in [0, 0.05) is 19.3 Å². The number of hydrogen-bond donors (Lipinski definition) is 0. The summed E-state index contributed by atoms with van der Waals surface area (Å²) in [7, 11) is 0. The second-order valence-electron chi connectivity index (χ2n) is 15.7. The summed E-state index contributed by atoms with van der Waals surface area (Å²) < 4.78 is 16.7. The van der Waals surface area contributed by atoms with E-state index in [4.69, 9.17) is 14.2 Å². The van der Waals surface area contributed by atoms with Crippen LogP contribution in [0.2, 0.25) is 0 Å². The average Bonchev–Trinajstić information content (AvgIpc) is 3.19. The van der Waals surface area contributed by atoms with Gasteiger partial charge in [-0.2, -0.15) is 0 Å². The lowest BCUT2D eigenvalue weighted by atomic mass is 10.1. The first-order valence-corrected chi connectivity index (χ1v) is 23.6. The lowest BCUT2D eigenvalue weighted by molar-refractivity contribution is -0.167. The van der Waals surface area contributed by atoms with Crippen molar-refractivity contribution in [3.63, 3.8) is 0 Å². The van der Waals surface area contributed by atoms with Gasteiger partial charge in [-0.1, -0.05) is 166 Å². The SMILES string of the molecule is CCCCC/C=C\C/C=C\CCCCCCCCCC(=O)OCC(COC(=O)CCC/C=C\CCCCCC)OC(=O)CCCCCCC/C=C\CCCCC. The molecule has 0 amide bonds. The molecule has 0 aromatic heterocycles. The maximum atomic E-state index is 12.7. The molecular formula is C50H88O6. The van der Waals surface area contributed by atoms with E-state index < -0.39 is 6.10 Å². The monoisotopic (exact) mass is 785 g/mol. The zero-order valence-electron chi connectivity index (χ0n) is 36.9. The predicted octanol–water partition coefficient (Wildman–Crippen LogP) is 15.1. The molecule has 0 fully saturated rings. The number of carbonyl (C=O) groups excluding carboxylic acids is 3. The topological polar surface area (TPSA) is 78.9 Å².